The second-order valence-corrected chi connectivity index (χ2v) is 9.91. The van der Waals surface area contributed by atoms with Gasteiger partial charge in [-0.2, -0.15) is 0 Å². The van der Waals surface area contributed by atoms with Crippen molar-refractivity contribution < 1.29 is 23.6 Å². The number of carbonyl (C=O) groups excluding carboxylic acids is 3. The van der Waals surface area contributed by atoms with Crippen molar-refractivity contribution in [1.82, 2.24) is 0 Å². The van der Waals surface area contributed by atoms with Crippen molar-refractivity contribution in [2.45, 2.75) is 3.93 Å². The van der Waals surface area contributed by atoms with Gasteiger partial charge in [-0.05, 0) is 0 Å². The van der Waals surface area contributed by atoms with Gasteiger partial charge >= 0.3 is 90.9 Å². The van der Waals surface area contributed by atoms with Gasteiger partial charge in [-0.1, -0.05) is 0 Å². The minimum absolute atomic E-state index is 0.128. The predicted octanol–water partition coefficient (Wildman–Crippen LogP) is -0.0595. The van der Waals surface area contributed by atoms with E-state index in [0.717, 1.165) is 0 Å². The fourth-order valence-electron chi connectivity index (χ4n) is 1.19. The van der Waals surface area contributed by atoms with Gasteiger partial charge in [-0.25, -0.2) is 0 Å². The van der Waals surface area contributed by atoms with Crippen molar-refractivity contribution in [3.63, 3.8) is 0 Å². The zero-order valence-corrected chi connectivity index (χ0v) is 10.4. The molecule has 0 fully saturated rings. The van der Waals surface area contributed by atoms with Crippen molar-refractivity contribution in [3.8, 4) is 0 Å². The molecule has 0 bridgehead atoms. The van der Waals surface area contributed by atoms with Crippen molar-refractivity contribution in [2.24, 2.45) is 0 Å². The van der Waals surface area contributed by atoms with Gasteiger partial charge < -0.3 is 0 Å². The van der Waals surface area contributed by atoms with Crippen LogP contribution >= 0.6 is 0 Å². The van der Waals surface area contributed by atoms with E-state index in [9.17, 15) is 14.4 Å². The molecule has 0 aliphatic heterocycles. The molecular formula is C8H8O6Sn. The van der Waals surface area contributed by atoms with Gasteiger partial charge in [0.25, 0.3) is 0 Å². The molecule has 0 amide bonds. The molecule has 0 N–H and O–H groups in total. The summed E-state index contributed by atoms with van der Waals surface area (Å²) in [5.41, 5.74) is 0. The van der Waals surface area contributed by atoms with Crippen LogP contribution in [0.2, 0.25) is 3.93 Å². The van der Waals surface area contributed by atoms with E-state index in [4.69, 9.17) is 9.22 Å². The Hall–Kier alpha value is -1.31. The van der Waals surface area contributed by atoms with E-state index in [2.05, 4.69) is 0 Å². The summed E-state index contributed by atoms with van der Waals surface area (Å²) in [7, 11) is 0. The summed E-state index contributed by atoms with van der Waals surface area (Å²) < 4.78 is 13.7. The Bertz CT molecular complexity index is 272. The molecule has 0 aromatic rings. The zero-order chi connectivity index (χ0) is 11.1. The Balaban J connectivity index is 2.92. The third kappa shape index (κ3) is 2.58. The molecule has 0 radical (unpaired) electrons. The Kier molecular flexibility index (Phi) is 4.34. The first-order valence-corrected chi connectivity index (χ1v) is 9.13. The van der Waals surface area contributed by atoms with Gasteiger partial charge in [-0.15, -0.1) is 0 Å². The molecule has 0 aromatic heterocycles. The van der Waals surface area contributed by atoms with E-state index in [1.807, 2.05) is 0 Å². The maximum absolute atomic E-state index is 10.3. The molecule has 0 aromatic carbocycles. The van der Waals surface area contributed by atoms with Crippen LogP contribution in [0.15, 0.2) is 24.3 Å². The summed E-state index contributed by atoms with van der Waals surface area (Å²) >= 11 is -4.46. The van der Waals surface area contributed by atoms with Gasteiger partial charge in [-0.3, -0.25) is 0 Å². The van der Waals surface area contributed by atoms with E-state index >= 15 is 0 Å². The van der Waals surface area contributed by atoms with Gasteiger partial charge in [0.05, 0.1) is 0 Å². The Morgan fingerprint density at radius 3 is 1.60 bits per heavy atom. The first-order valence-electron chi connectivity index (χ1n) is 3.98. The third-order valence-corrected chi connectivity index (χ3v) is 8.86. The number of hydrogen-bond acceptors (Lipinski definition) is 6. The first-order chi connectivity index (χ1) is 7.29. The molecule has 0 saturated heterocycles. The van der Waals surface area contributed by atoms with Gasteiger partial charge in [0.1, 0.15) is 0 Å². The van der Waals surface area contributed by atoms with Gasteiger partial charge in [0.2, 0.25) is 0 Å². The summed E-state index contributed by atoms with van der Waals surface area (Å²) in [6.07, 6.45) is 6.67. The van der Waals surface area contributed by atoms with Gasteiger partial charge in [0, 0.05) is 0 Å². The Morgan fingerprint density at radius 1 is 0.867 bits per heavy atom. The normalized spacial score (nSPS) is 14.7. The van der Waals surface area contributed by atoms with Crippen LogP contribution in [-0.2, 0) is 23.6 Å². The van der Waals surface area contributed by atoms with Crippen molar-refractivity contribution >= 4 is 39.0 Å². The summed E-state index contributed by atoms with van der Waals surface area (Å²) in [4.78, 5) is 31.0. The zero-order valence-electron chi connectivity index (χ0n) is 7.57. The average Bonchev–Trinajstić information content (AvgIpc) is 2.72. The quantitative estimate of drug-likeness (QED) is 0.483. The van der Waals surface area contributed by atoms with Gasteiger partial charge in [0.15, 0.2) is 0 Å². The van der Waals surface area contributed by atoms with E-state index in [1.54, 1.807) is 24.3 Å². The number of rotatable bonds is 7. The molecule has 0 heterocycles. The molecule has 1 rings (SSSR count). The van der Waals surface area contributed by atoms with E-state index in [-0.39, 0.29) is 19.4 Å². The van der Waals surface area contributed by atoms with E-state index in [0.29, 0.717) is 0 Å². The number of allylic oxidation sites excluding steroid dienone is 4. The number of carbonyl (C=O) groups is 3. The molecule has 6 nitrogen and oxygen atoms in total. The maximum atomic E-state index is 10.3. The molecule has 80 valence electrons. The van der Waals surface area contributed by atoms with Crippen LogP contribution < -0.4 is 0 Å². The summed E-state index contributed by atoms with van der Waals surface area (Å²) in [6.45, 7) is 0.384. The monoisotopic (exact) mass is 320 g/mol. The summed E-state index contributed by atoms with van der Waals surface area (Å²) in [5.74, 6) is 0. The molecule has 0 saturated carbocycles. The van der Waals surface area contributed by atoms with Crippen LogP contribution in [0.25, 0.3) is 0 Å². The molecule has 0 atom stereocenters. The summed E-state index contributed by atoms with van der Waals surface area (Å²) in [5, 5.41) is 0. The molecule has 15 heavy (non-hydrogen) atoms. The van der Waals surface area contributed by atoms with Crippen molar-refractivity contribution in [1.29, 1.82) is 0 Å². The molecule has 1 aliphatic carbocycles. The summed E-state index contributed by atoms with van der Waals surface area (Å²) in [6, 6.07) is 0. The SMILES string of the molecule is O=C[O][Sn]([O]C=O)([O]C=O)[CH]1C=CC=C1. The number of hydrogen-bond donors (Lipinski definition) is 0. The van der Waals surface area contributed by atoms with Crippen LogP contribution in [0.4, 0.5) is 0 Å². The van der Waals surface area contributed by atoms with Crippen LogP contribution in [0.3, 0.4) is 0 Å². The van der Waals surface area contributed by atoms with Crippen LogP contribution in [0, 0.1) is 0 Å². The molecule has 7 heteroatoms. The molecule has 0 spiro atoms. The third-order valence-electron chi connectivity index (χ3n) is 1.79. The Morgan fingerprint density at radius 2 is 1.27 bits per heavy atom. The second-order valence-electron chi connectivity index (χ2n) is 2.54. The van der Waals surface area contributed by atoms with E-state index in [1.165, 1.54) is 0 Å². The fraction of sp³-hybridized carbons (Fsp3) is 0.125. The van der Waals surface area contributed by atoms with Crippen molar-refractivity contribution in [2.75, 3.05) is 0 Å². The second kappa shape index (κ2) is 5.54. The fourth-order valence-corrected chi connectivity index (χ4v) is 6.14. The molecule has 0 unspecified atom stereocenters. The minimum atomic E-state index is -4.46. The topological polar surface area (TPSA) is 78.9 Å². The molecule has 1 aliphatic rings. The molecular weight excluding hydrogens is 311 g/mol. The van der Waals surface area contributed by atoms with Crippen LogP contribution in [-0.4, -0.2) is 39.0 Å². The first kappa shape index (κ1) is 11.8. The standard InChI is InChI=1S/C5H5.3CH2O2.Sn/c1-2-4-5-3-1;3*2-1-3;/h1-5H;3*1H,(H,2,3);/q;;;;+3/p-3. The Labute approximate surface area is 91.0 Å². The van der Waals surface area contributed by atoms with Crippen molar-refractivity contribution in [3.05, 3.63) is 24.3 Å². The predicted molar refractivity (Wildman–Crippen MR) is 49.2 cm³/mol. The average molecular weight is 319 g/mol. The van der Waals surface area contributed by atoms with E-state index < -0.39 is 23.6 Å². The van der Waals surface area contributed by atoms with Crippen LogP contribution in [0.1, 0.15) is 0 Å². The van der Waals surface area contributed by atoms with Crippen LogP contribution in [0.5, 0.6) is 0 Å².